The van der Waals surface area contributed by atoms with E-state index in [9.17, 15) is 5.11 Å². The largest absolute Gasteiger partial charge is 0.379 e. The molecule has 1 aromatic carbocycles. The molecule has 0 aliphatic rings. The van der Waals surface area contributed by atoms with Crippen molar-refractivity contribution in [2.45, 2.75) is 18.9 Å². The number of hydrogen-bond acceptors (Lipinski definition) is 1. The van der Waals surface area contributed by atoms with Crippen LogP contribution in [-0.2, 0) is 5.60 Å². The summed E-state index contributed by atoms with van der Waals surface area (Å²) in [6, 6.07) is 9.41. The van der Waals surface area contributed by atoms with Gasteiger partial charge in [-0.05, 0) is 18.6 Å². The lowest BCUT2D eigenvalue weighted by Crippen LogP contribution is -2.21. The van der Waals surface area contributed by atoms with Gasteiger partial charge in [-0.2, -0.15) is 0 Å². The van der Waals surface area contributed by atoms with Gasteiger partial charge < -0.3 is 5.11 Å². The Labute approximate surface area is 90.8 Å². The molecule has 0 spiro atoms. The Bertz CT molecular complexity index is 416. The van der Waals surface area contributed by atoms with Crippen molar-refractivity contribution >= 4 is 0 Å². The van der Waals surface area contributed by atoms with Crippen LogP contribution in [0.1, 0.15) is 18.9 Å². The molecule has 0 saturated heterocycles. The summed E-state index contributed by atoms with van der Waals surface area (Å²) in [6.45, 7) is 5.24. The molecule has 0 aliphatic heterocycles. The first kappa shape index (κ1) is 11.3. The van der Waals surface area contributed by atoms with Crippen molar-refractivity contribution in [3.8, 4) is 11.8 Å². The van der Waals surface area contributed by atoms with Crippen LogP contribution in [0.25, 0.3) is 0 Å². The first-order valence-corrected chi connectivity index (χ1v) is 4.77. The van der Waals surface area contributed by atoms with Crippen LogP contribution in [0, 0.1) is 11.8 Å². The zero-order valence-corrected chi connectivity index (χ0v) is 8.83. The van der Waals surface area contributed by atoms with E-state index in [1.54, 1.807) is 13.0 Å². The fourth-order valence-corrected chi connectivity index (χ4v) is 1.36. The topological polar surface area (TPSA) is 20.2 Å². The van der Waals surface area contributed by atoms with Gasteiger partial charge in [0.2, 0.25) is 0 Å². The lowest BCUT2D eigenvalue weighted by atomic mass is 9.90. The zero-order chi connectivity index (χ0) is 11.1. The van der Waals surface area contributed by atoms with Gasteiger partial charge in [0.25, 0.3) is 0 Å². The van der Waals surface area contributed by atoms with Crippen LogP contribution in [0.4, 0.5) is 0 Å². The maximum absolute atomic E-state index is 10.4. The summed E-state index contributed by atoms with van der Waals surface area (Å²) in [5, 5.41) is 10.4. The van der Waals surface area contributed by atoms with Gasteiger partial charge >= 0.3 is 0 Å². The molecule has 1 heteroatoms. The molecule has 0 heterocycles. The monoisotopic (exact) mass is 198 g/mol. The van der Waals surface area contributed by atoms with Crippen molar-refractivity contribution in [3.63, 3.8) is 0 Å². The molecule has 15 heavy (non-hydrogen) atoms. The summed E-state index contributed by atoms with van der Waals surface area (Å²) in [5.74, 6) is 5.65. The summed E-state index contributed by atoms with van der Waals surface area (Å²) < 4.78 is 0. The summed E-state index contributed by atoms with van der Waals surface area (Å²) >= 11 is 0. The number of rotatable bonds is 3. The molecule has 1 rings (SSSR count). The maximum atomic E-state index is 10.4. The first-order chi connectivity index (χ1) is 7.23. The van der Waals surface area contributed by atoms with Crippen molar-refractivity contribution in [1.82, 2.24) is 0 Å². The molecular formula is C14H14O. The predicted molar refractivity (Wildman–Crippen MR) is 62.1 cm³/mol. The van der Waals surface area contributed by atoms with E-state index >= 15 is 0 Å². The van der Waals surface area contributed by atoms with E-state index in [0.717, 1.165) is 5.56 Å². The second-order valence-electron chi connectivity index (χ2n) is 3.24. The van der Waals surface area contributed by atoms with Crippen LogP contribution in [-0.4, -0.2) is 5.11 Å². The Hall–Kier alpha value is -1.74. The molecule has 0 radical (unpaired) electrons. The van der Waals surface area contributed by atoms with Crippen LogP contribution >= 0.6 is 0 Å². The molecule has 0 aliphatic carbocycles. The highest BCUT2D eigenvalue weighted by Crippen LogP contribution is 2.25. The Morgan fingerprint density at radius 3 is 2.60 bits per heavy atom. The van der Waals surface area contributed by atoms with E-state index in [1.165, 1.54) is 0 Å². The second kappa shape index (κ2) is 5.22. The lowest BCUT2D eigenvalue weighted by Gasteiger charge is -2.21. The smallest absolute Gasteiger partial charge is 0.126 e. The van der Waals surface area contributed by atoms with Gasteiger partial charge in [0.15, 0.2) is 0 Å². The van der Waals surface area contributed by atoms with Crippen molar-refractivity contribution in [2.24, 2.45) is 0 Å². The Balaban J connectivity index is 3.10. The molecular weight excluding hydrogens is 184 g/mol. The van der Waals surface area contributed by atoms with Crippen molar-refractivity contribution in [1.29, 1.82) is 0 Å². The molecule has 76 valence electrons. The average Bonchev–Trinajstić information content (AvgIpc) is 2.28. The highest BCUT2D eigenvalue weighted by Gasteiger charge is 2.24. The molecule has 1 nitrogen and oxygen atoms in total. The summed E-state index contributed by atoms with van der Waals surface area (Å²) in [6.07, 6.45) is 1.91. The van der Waals surface area contributed by atoms with Crippen LogP contribution in [0.5, 0.6) is 0 Å². The van der Waals surface area contributed by atoms with Crippen LogP contribution in [0.2, 0.25) is 0 Å². The van der Waals surface area contributed by atoms with Gasteiger partial charge in [0, 0.05) is 6.42 Å². The van der Waals surface area contributed by atoms with Gasteiger partial charge in [0.1, 0.15) is 5.60 Å². The minimum absolute atomic E-state index is 0.357. The SMILES string of the molecule is C=C=CC(O)(CC#CC)c1ccccc1. The Morgan fingerprint density at radius 1 is 1.40 bits per heavy atom. The molecule has 0 fully saturated rings. The van der Waals surface area contributed by atoms with Crippen LogP contribution in [0.15, 0.2) is 48.7 Å². The van der Waals surface area contributed by atoms with E-state index in [4.69, 9.17) is 0 Å². The van der Waals surface area contributed by atoms with Gasteiger partial charge in [-0.25, -0.2) is 0 Å². The van der Waals surface area contributed by atoms with Crippen LogP contribution < -0.4 is 0 Å². The third-order valence-electron chi connectivity index (χ3n) is 2.15. The number of hydrogen-bond donors (Lipinski definition) is 1. The van der Waals surface area contributed by atoms with Gasteiger partial charge in [0.05, 0.1) is 0 Å². The highest BCUT2D eigenvalue weighted by molar-refractivity contribution is 5.29. The standard InChI is InChI=1S/C14H14O/c1-3-5-12-14(15,11-4-2)13-9-7-6-8-10-13/h6-11,15H,2,12H2,1H3. The highest BCUT2D eigenvalue weighted by atomic mass is 16.3. The minimum atomic E-state index is -1.08. The van der Waals surface area contributed by atoms with Crippen molar-refractivity contribution < 1.29 is 5.11 Å². The fraction of sp³-hybridized carbons (Fsp3) is 0.214. The second-order valence-corrected chi connectivity index (χ2v) is 3.24. The van der Waals surface area contributed by atoms with Crippen LogP contribution in [0.3, 0.4) is 0 Å². The van der Waals surface area contributed by atoms with Gasteiger partial charge in [-0.3, -0.25) is 0 Å². The number of aliphatic hydroxyl groups is 1. The fourth-order valence-electron chi connectivity index (χ4n) is 1.36. The van der Waals surface area contributed by atoms with Gasteiger partial charge in [-0.1, -0.05) is 42.8 Å². The predicted octanol–water partition coefficient (Wildman–Crippen LogP) is 2.63. The van der Waals surface area contributed by atoms with Crippen molar-refractivity contribution in [3.05, 3.63) is 54.3 Å². The maximum Gasteiger partial charge on any atom is 0.126 e. The molecule has 1 N–H and O–H groups in total. The van der Waals surface area contributed by atoms with E-state index < -0.39 is 5.60 Å². The Morgan fingerprint density at radius 2 is 2.07 bits per heavy atom. The summed E-state index contributed by atoms with van der Waals surface area (Å²) in [5.41, 5.74) is 2.35. The molecule has 0 saturated carbocycles. The van der Waals surface area contributed by atoms with E-state index in [0.29, 0.717) is 6.42 Å². The lowest BCUT2D eigenvalue weighted by molar-refractivity contribution is 0.0955. The average molecular weight is 198 g/mol. The summed E-state index contributed by atoms with van der Waals surface area (Å²) in [7, 11) is 0. The quantitative estimate of drug-likeness (QED) is 0.584. The molecule has 1 atom stereocenters. The third kappa shape index (κ3) is 2.86. The Kier molecular flexibility index (Phi) is 3.94. The molecule has 0 amide bonds. The van der Waals surface area contributed by atoms with E-state index in [-0.39, 0.29) is 0 Å². The summed E-state index contributed by atoms with van der Waals surface area (Å²) in [4.78, 5) is 0. The number of benzene rings is 1. The van der Waals surface area contributed by atoms with E-state index in [1.807, 2.05) is 30.3 Å². The van der Waals surface area contributed by atoms with E-state index in [2.05, 4.69) is 24.2 Å². The minimum Gasteiger partial charge on any atom is -0.379 e. The third-order valence-corrected chi connectivity index (χ3v) is 2.15. The molecule has 1 unspecified atom stereocenters. The van der Waals surface area contributed by atoms with Gasteiger partial charge in [-0.15, -0.1) is 11.7 Å². The molecule has 1 aromatic rings. The first-order valence-electron chi connectivity index (χ1n) is 4.77. The zero-order valence-electron chi connectivity index (χ0n) is 8.83. The molecule has 0 aromatic heterocycles. The normalized spacial score (nSPS) is 12.9. The molecule has 0 bridgehead atoms. The van der Waals surface area contributed by atoms with Crippen molar-refractivity contribution in [2.75, 3.05) is 0 Å².